The zero-order valence-electron chi connectivity index (χ0n) is 9.82. The summed E-state index contributed by atoms with van der Waals surface area (Å²) in [4.78, 5) is 21.6. The molecule has 7 heteroatoms. The molecular formula is C12H8ClFN4O. The van der Waals surface area contributed by atoms with E-state index in [9.17, 15) is 9.18 Å². The van der Waals surface area contributed by atoms with Crippen LogP contribution in [0.3, 0.4) is 0 Å². The molecule has 0 unspecified atom stereocenters. The molecule has 0 fully saturated rings. The molecule has 19 heavy (non-hydrogen) atoms. The second kappa shape index (κ2) is 4.17. The van der Waals surface area contributed by atoms with Crippen LogP contribution in [0.4, 0.5) is 21.6 Å². The van der Waals surface area contributed by atoms with E-state index >= 15 is 0 Å². The fraction of sp³-hybridized carbons (Fsp3) is 0.0833. The minimum atomic E-state index is -0.475. The van der Waals surface area contributed by atoms with E-state index in [4.69, 9.17) is 11.6 Å². The first-order valence-electron chi connectivity index (χ1n) is 5.43. The lowest BCUT2D eigenvalue weighted by Gasteiger charge is -2.19. The Morgan fingerprint density at radius 1 is 1.42 bits per heavy atom. The van der Waals surface area contributed by atoms with Crippen LogP contribution in [-0.4, -0.2) is 22.9 Å². The molecule has 1 N–H and O–H groups in total. The Hall–Kier alpha value is -2.21. The predicted molar refractivity (Wildman–Crippen MR) is 69.5 cm³/mol. The monoisotopic (exact) mass is 278 g/mol. The molecule has 3 rings (SSSR count). The Morgan fingerprint density at radius 3 is 3.00 bits per heavy atom. The molecule has 1 aromatic heterocycles. The molecular weight excluding hydrogens is 271 g/mol. The van der Waals surface area contributed by atoms with E-state index < -0.39 is 11.7 Å². The highest BCUT2D eigenvalue weighted by Gasteiger charge is 2.25. The fourth-order valence-corrected chi connectivity index (χ4v) is 2.11. The van der Waals surface area contributed by atoms with Crippen molar-refractivity contribution in [1.82, 2.24) is 9.97 Å². The zero-order valence-corrected chi connectivity index (χ0v) is 10.6. The quantitative estimate of drug-likeness (QED) is 0.753. The van der Waals surface area contributed by atoms with Crippen molar-refractivity contribution < 1.29 is 9.18 Å². The normalized spacial score (nSPS) is 13.4. The molecule has 1 aliphatic heterocycles. The number of amides is 1. The number of rotatable bonds is 0. The fourth-order valence-electron chi connectivity index (χ4n) is 1.98. The highest BCUT2D eigenvalue weighted by atomic mass is 35.5. The van der Waals surface area contributed by atoms with E-state index in [1.165, 1.54) is 24.4 Å². The van der Waals surface area contributed by atoms with E-state index in [-0.39, 0.29) is 10.8 Å². The van der Waals surface area contributed by atoms with Gasteiger partial charge in [0, 0.05) is 7.05 Å². The third-order valence-electron chi connectivity index (χ3n) is 2.87. The van der Waals surface area contributed by atoms with Gasteiger partial charge >= 0.3 is 0 Å². The standard InChI is InChI=1S/C12H8ClFN4O/c1-18-9-3-2-6(14)4-7(9)11(19)16-8-5-15-12(13)17-10(8)18/h2-5H,1H3,(H,16,19). The van der Waals surface area contributed by atoms with E-state index in [0.717, 1.165) is 0 Å². The summed E-state index contributed by atoms with van der Waals surface area (Å²) in [6.45, 7) is 0. The Kier molecular flexibility index (Phi) is 2.60. The van der Waals surface area contributed by atoms with Crippen LogP contribution in [0.25, 0.3) is 0 Å². The van der Waals surface area contributed by atoms with Gasteiger partial charge in [0.1, 0.15) is 11.5 Å². The summed E-state index contributed by atoms with van der Waals surface area (Å²) in [5.41, 5.74) is 1.21. The topological polar surface area (TPSA) is 58.1 Å². The first-order valence-corrected chi connectivity index (χ1v) is 5.81. The molecule has 1 amide bonds. The minimum Gasteiger partial charge on any atom is -0.327 e. The van der Waals surface area contributed by atoms with Gasteiger partial charge in [-0.1, -0.05) is 0 Å². The van der Waals surface area contributed by atoms with Gasteiger partial charge in [-0.25, -0.2) is 9.37 Å². The predicted octanol–water partition coefficient (Wildman–Crippen LogP) is 2.60. The highest BCUT2D eigenvalue weighted by Crippen LogP contribution is 2.35. The minimum absolute atomic E-state index is 0.0745. The molecule has 1 aliphatic rings. The number of anilines is 3. The van der Waals surface area contributed by atoms with Gasteiger partial charge in [-0.2, -0.15) is 4.98 Å². The van der Waals surface area contributed by atoms with E-state index in [1.54, 1.807) is 11.9 Å². The molecule has 0 atom stereocenters. The van der Waals surface area contributed by atoms with Crippen LogP contribution in [0.15, 0.2) is 24.4 Å². The van der Waals surface area contributed by atoms with Crippen molar-refractivity contribution >= 4 is 34.7 Å². The van der Waals surface area contributed by atoms with E-state index in [1.807, 2.05) is 0 Å². The van der Waals surface area contributed by atoms with Crippen LogP contribution >= 0.6 is 11.6 Å². The van der Waals surface area contributed by atoms with Crippen molar-refractivity contribution in [2.75, 3.05) is 17.3 Å². The number of aromatic nitrogens is 2. The number of carbonyl (C=O) groups is 1. The molecule has 1 aromatic carbocycles. The number of hydrogen-bond acceptors (Lipinski definition) is 4. The van der Waals surface area contributed by atoms with Crippen LogP contribution in [0.5, 0.6) is 0 Å². The maximum atomic E-state index is 13.3. The third kappa shape index (κ3) is 1.90. The van der Waals surface area contributed by atoms with Crippen LogP contribution in [0.2, 0.25) is 5.28 Å². The van der Waals surface area contributed by atoms with Gasteiger partial charge in [-0.15, -0.1) is 0 Å². The highest BCUT2D eigenvalue weighted by molar-refractivity contribution is 6.28. The average molecular weight is 279 g/mol. The zero-order chi connectivity index (χ0) is 13.6. The largest absolute Gasteiger partial charge is 0.327 e. The lowest BCUT2D eigenvalue weighted by molar-refractivity contribution is 0.102. The molecule has 0 saturated carbocycles. The summed E-state index contributed by atoms with van der Waals surface area (Å²) >= 11 is 5.76. The van der Waals surface area contributed by atoms with Crippen molar-refractivity contribution in [2.45, 2.75) is 0 Å². The Morgan fingerprint density at radius 2 is 2.21 bits per heavy atom. The number of halogens is 2. The first kappa shape index (κ1) is 11.9. The molecule has 0 saturated heterocycles. The molecule has 96 valence electrons. The van der Waals surface area contributed by atoms with E-state index in [2.05, 4.69) is 15.3 Å². The van der Waals surface area contributed by atoms with Gasteiger partial charge in [-0.05, 0) is 29.8 Å². The SMILES string of the molecule is CN1c2ccc(F)cc2C(=O)Nc2cnc(Cl)nc21. The van der Waals surface area contributed by atoms with Crippen molar-refractivity contribution in [2.24, 2.45) is 0 Å². The van der Waals surface area contributed by atoms with Gasteiger partial charge in [0.15, 0.2) is 5.82 Å². The van der Waals surface area contributed by atoms with Gasteiger partial charge in [0.25, 0.3) is 5.91 Å². The molecule has 2 heterocycles. The summed E-state index contributed by atoms with van der Waals surface area (Å²) in [5, 5.41) is 2.71. The lowest BCUT2D eigenvalue weighted by Crippen LogP contribution is -2.13. The van der Waals surface area contributed by atoms with Crippen LogP contribution in [0.1, 0.15) is 10.4 Å². The Bertz CT molecular complexity index is 691. The molecule has 0 bridgehead atoms. The van der Waals surface area contributed by atoms with Crippen LogP contribution < -0.4 is 10.2 Å². The van der Waals surface area contributed by atoms with Gasteiger partial charge in [0.2, 0.25) is 5.28 Å². The Balaban J connectivity index is 2.25. The van der Waals surface area contributed by atoms with Gasteiger partial charge in [0.05, 0.1) is 17.4 Å². The van der Waals surface area contributed by atoms with Crippen molar-refractivity contribution in [3.8, 4) is 0 Å². The lowest BCUT2D eigenvalue weighted by atomic mass is 10.1. The van der Waals surface area contributed by atoms with E-state index in [0.29, 0.717) is 17.2 Å². The molecule has 5 nitrogen and oxygen atoms in total. The summed E-state index contributed by atoms with van der Waals surface area (Å²) < 4.78 is 13.3. The number of carbonyl (C=O) groups excluding carboxylic acids is 1. The average Bonchev–Trinajstić information content (AvgIpc) is 2.48. The first-order chi connectivity index (χ1) is 9.06. The van der Waals surface area contributed by atoms with Crippen LogP contribution in [-0.2, 0) is 0 Å². The maximum absolute atomic E-state index is 13.3. The maximum Gasteiger partial charge on any atom is 0.258 e. The number of fused-ring (bicyclic) bond motifs is 2. The second-order valence-corrected chi connectivity index (χ2v) is 4.39. The van der Waals surface area contributed by atoms with Gasteiger partial charge in [-0.3, -0.25) is 4.79 Å². The number of nitrogens with one attached hydrogen (secondary N) is 1. The summed E-state index contributed by atoms with van der Waals surface area (Å²) in [5.74, 6) is -0.429. The molecule has 2 aromatic rings. The number of hydrogen-bond donors (Lipinski definition) is 1. The van der Waals surface area contributed by atoms with Crippen LogP contribution in [0, 0.1) is 5.82 Å². The molecule has 0 aliphatic carbocycles. The molecule has 0 spiro atoms. The van der Waals surface area contributed by atoms with Crippen molar-refractivity contribution in [1.29, 1.82) is 0 Å². The molecule has 0 radical (unpaired) electrons. The second-order valence-electron chi connectivity index (χ2n) is 4.05. The Labute approximate surface area is 113 Å². The van der Waals surface area contributed by atoms with Gasteiger partial charge < -0.3 is 10.2 Å². The van der Waals surface area contributed by atoms with Crippen molar-refractivity contribution in [3.05, 3.63) is 41.1 Å². The van der Waals surface area contributed by atoms with Crippen molar-refractivity contribution in [3.63, 3.8) is 0 Å². The summed E-state index contributed by atoms with van der Waals surface area (Å²) in [7, 11) is 1.72. The third-order valence-corrected chi connectivity index (χ3v) is 3.05. The smallest absolute Gasteiger partial charge is 0.258 e. The number of nitrogens with zero attached hydrogens (tertiary/aromatic N) is 3. The number of benzene rings is 1. The summed E-state index contributed by atoms with van der Waals surface area (Å²) in [6, 6.07) is 3.99. The summed E-state index contributed by atoms with van der Waals surface area (Å²) in [6.07, 6.45) is 1.42.